The Hall–Kier alpha value is -3.76. The Kier molecular flexibility index (Phi) is 13.5. The molecule has 0 amide bonds. The number of rotatable bonds is 9. The van der Waals surface area contributed by atoms with E-state index < -0.39 is 23.3 Å². The second-order valence-electron chi connectivity index (χ2n) is 15.8. The summed E-state index contributed by atoms with van der Waals surface area (Å²) in [5.74, 6) is 0.633. The average Bonchev–Trinajstić information content (AvgIpc) is 3.40. The molecule has 7 unspecified atom stereocenters. The Morgan fingerprint density at radius 3 is 2.30 bits per heavy atom. The molecule has 2 aromatic rings. The molecule has 0 saturated heterocycles. The zero-order valence-electron chi connectivity index (χ0n) is 32.0. The number of allylic oxidation sites excluding steroid dienone is 4. The lowest BCUT2D eigenvalue weighted by Crippen LogP contribution is -2.58. The van der Waals surface area contributed by atoms with Gasteiger partial charge in [0.05, 0.1) is 11.1 Å². The Morgan fingerprint density at radius 2 is 1.65 bits per heavy atom. The molecule has 2 saturated carbocycles. The number of ether oxygens (including phenoxy) is 2. The predicted octanol–water partition coefficient (Wildman–Crippen LogP) is 9.08. The monoisotopic (exact) mass is 771 g/mol. The SMILES string of the molecule is CC(=O)OC1(C(C)=O)CCC2C3C=C(C)C4=CC(=O)CCC4(C)C3CCC21C.CC(Cc1cccc(C(F)(F)F)c1)NCCOC(=O)c1ccccc1.Cl. The maximum absolute atomic E-state index is 12.8. The second-order valence-corrected chi connectivity index (χ2v) is 15.8. The number of carbonyl (C=O) groups is 4. The molecule has 6 rings (SSSR count). The highest BCUT2D eigenvalue weighted by atomic mass is 35.5. The molecule has 11 heteroatoms. The van der Waals surface area contributed by atoms with Crippen molar-refractivity contribution in [2.24, 2.45) is 28.6 Å². The molecule has 0 spiro atoms. The highest BCUT2D eigenvalue weighted by molar-refractivity contribution is 5.93. The van der Waals surface area contributed by atoms with Crippen LogP contribution in [0.3, 0.4) is 0 Å². The number of Topliss-reactive ketones (excluding diaryl/α,β-unsaturated/α-hetero) is 1. The van der Waals surface area contributed by atoms with Gasteiger partial charge in [-0.1, -0.05) is 61.9 Å². The highest BCUT2D eigenvalue weighted by Gasteiger charge is 2.67. The fraction of sp³-hybridized carbons (Fsp3) is 0.535. The number of hydrogen-bond acceptors (Lipinski definition) is 7. The number of alkyl halides is 3. The molecule has 0 radical (unpaired) electrons. The Balaban J connectivity index is 0.000000238. The lowest BCUT2D eigenvalue weighted by Gasteiger charge is -2.58. The average molecular weight is 772 g/mol. The van der Waals surface area contributed by atoms with Crippen molar-refractivity contribution >= 4 is 35.9 Å². The minimum atomic E-state index is -4.34. The summed E-state index contributed by atoms with van der Waals surface area (Å²) in [7, 11) is 0. The molecule has 4 aliphatic carbocycles. The number of esters is 2. The predicted molar refractivity (Wildman–Crippen MR) is 203 cm³/mol. The molecule has 7 atom stereocenters. The fourth-order valence-electron chi connectivity index (χ4n) is 9.88. The lowest BCUT2D eigenvalue weighted by molar-refractivity contribution is -0.185. The van der Waals surface area contributed by atoms with Crippen molar-refractivity contribution in [1.82, 2.24) is 5.32 Å². The normalized spacial score (nSPS) is 29.0. The first-order valence-electron chi connectivity index (χ1n) is 18.7. The maximum atomic E-state index is 12.8. The van der Waals surface area contributed by atoms with E-state index in [1.54, 1.807) is 37.3 Å². The zero-order chi connectivity index (χ0) is 38.8. The third kappa shape index (κ3) is 8.70. The molecule has 0 bridgehead atoms. The first kappa shape index (κ1) is 43.0. The standard InChI is InChI=1S/C24H32O4.C19H20F3NO2.ClH/c1-14-12-18-19(22(4)9-6-17(27)13-21(14)22)7-10-23(5)20(18)8-11-24(23,15(2)25)28-16(3)26;1-14(12-15-6-5-9-17(13-15)19(20,21)22)23-10-11-25-18(24)16-7-3-2-4-8-16;/h12-13,18-20H,6-11H2,1-5H3;2-9,13-14,23H,10-12H2,1H3;1H. The Bertz CT molecular complexity index is 1780. The fourth-order valence-corrected chi connectivity index (χ4v) is 9.88. The molecular weight excluding hydrogens is 719 g/mol. The molecule has 0 aromatic heterocycles. The topological polar surface area (TPSA) is 98.8 Å². The number of fused-ring (bicyclic) bond motifs is 5. The first-order chi connectivity index (χ1) is 24.9. The van der Waals surface area contributed by atoms with Crippen LogP contribution in [0.4, 0.5) is 13.2 Å². The van der Waals surface area contributed by atoms with Gasteiger partial charge in [0.25, 0.3) is 0 Å². The first-order valence-corrected chi connectivity index (χ1v) is 18.7. The second kappa shape index (κ2) is 16.9. The highest BCUT2D eigenvalue weighted by Crippen LogP contribution is 2.67. The van der Waals surface area contributed by atoms with Gasteiger partial charge >= 0.3 is 18.1 Å². The lowest BCUT2D eigenvalue weighted by atomic mass is 9.47. The van der Waals surface area contributed by atoms with E-state index >= 15 is 0 Å². The largest absolute Gasteiger partial charge is 0.461 e. The van der Waals surface area contributed by atoms with Gasteiger partial charge in [0, 0.05) is 31.3 Å². The van der Waals surface area contributed by atoms with Crippen molar-refractivity contribution in [1.29, 1.82) is 0 Å². The number of nitrogens with one attached hydrogen (secondary N) is 1. The molecule has 2 fully saturated rings. The summed E-state index contributed by atoms with van der Waals surface area (Å²) in [5.41, 5.74) is 1.60. The molecule has 7 nitrogen and oxygen atoms in total. The zero-order valence-corrected chi connectivity index (χ0v) is 32.8. The number of halogens is 4. The summed E-state index contributed by atoms with van der Waals surface area (Å²) in [5, 5.41) is 3.14. The molecule has 2 aromatic carbocycles. The molecule has 4 aliphatic rings. The van der Waals surface area contributed by atoms with E-state index in [1.165, 1.54) is 24.1 Å². The van der Waals surface area contributed by atoms with Crippen LogP contribution in [-0.4, -0.2) is 48.3 Å². The molecule has 0 aliphatic heterocycles. The summed E-state index contributed by atoms with van der Waals surface area (Å²) in [6.07, 6.45) is 5.32. The molecular formula is C43H53ClF3NO6. The van der Waals surface area contributed by atoms with Crippen LogP contribution in [0.2, 0.25) is 0 Å². The summed E-state index contributed by atoms with van der Waals surface area (Å²) in [4.78, 5) is 48.5. The molecule has 1 N–H and O–H groups in total. The van der Waals surface area contributed by atoms with Crippen LogP contribution in [0.25, 0.3) is 0 Å². The third-order valence-electron chi connectivity index (χ3n) is 12.5. The van der Waals surface area contributed by atoms with Gasteiger partial charge < -0.3 is 14.8 Å². The number of hydrogen-bond donors (Lipinski definition) is 1. The van der Waals surface area contributed by atoms with Gasteiger partial charge in [-0.3, -0.25) is 14.4 Å². The van der Waals surface area contributed by atoms with Crippen LogP contribution in [0.15, 0.2) is 77.9 Å². The van der Waals surface area contributed by atoms with Crippen LogP contribution in [-0.2, 0) is 36.5 Å². The Morgan fingerprint density at radius 1 is 0.963 bits per heavy atom. The number of carbonyl (C=O) groups excluding carboxylic acids is 4. The molecule has 294 valence electrons. The van der Waals surface area contributed by atoms with Crippen LogP contribution in [0.5, 0.6) is 0 Å². The van der Waals surface area contributed by atoms with E-state index in [0.29, 0.717) is 54.7 Å². The molecule has 54 heavy (non-hydrogen) atoms. The Labute approximate surface area is 322 Å². The van der Waals surface area contributed by atoms with Crippen molar-refractivity contribution in [2.75, 3.05) is 13.2 Å². The number of benzene rings is 2. The summed E-state index contributed by atoms with van der Waals surface area (Å²) < 4.78 is 49.1. The van der Waals surface area contributed by atoms with Gasteiger partial charge in [-0.15, -0.1) is 12.4 Å². The van der Waals surface area contributed by atoms with Crippen molar-refractivity contribution in [3.8, 4) is 0 Å². The minimum absolute atomic E-state index is 0. The minimum Gasteiger partial charge on any atom is -0.461 e. The van der Waals surface area contributed by atoms with Gasteiger partial charge in [0.15, 0.2) is 17.2 Å². The van der Waals surface area contributed by atoms with E-state index in [0.717, 1.165) is 37.8 Å². The van der Waals surface area contributed by atoms with Crippen LogP contribution in [0.1, 0.15) is 102 Å². The van der Waals surface area contributed by atoms with E-state index in [9.17, 15) is 32.3 Å². The van der Waals surface area contributed by atoms with Crippen LogP contribution < -0.4 is 5.32 Å². The summed E-state index contributed by atoms with van der Waals surface area (Å²) >= 11 is 0. The van der Waals surface area contributed by atoms with Gasteiger partial charge in [-0.25, -0.2) is 4.79 Å². The smallest absolute Gasteiger partial charge is 0.416 e. The van der Waals surface area contributed by atoms with Crippen molar-refractivity contribution in [2.45, 2.75) is 104 Å². The summed E-state index contributed by atoms with van der Waals surface area (Å²) in [6.45, 7) is 12.1. The number of ketones is 2. The summed E-state index contributed by atoms with van der Waals surface area (Å²) in [6, 6.07) is 13.9. The van der Waals surface area contributed by atoms with Gasteiger partial charge in [-0.2, -0.15) is 13.2 Å². The van der Waals surface area contributed by atoms with E-state index in [1.807, 2.05) is 19.1 Å². The molecule has 0 heterocycles. The van der Waals surface area contributed by atoms with Crippen molar-refractivity contribution in [3.05, 3.63) is 94.6 Å². The third-order valence-corrected chi connectivity index (χ3v) is 12.5. The van der Waals surface area contributed by atoms with Gasteiger partial charge in [-0.05, 0) is 118 Å². The van der Waals surface area contributed by atoms with Crippen molar-refractivity contribution in [3.63, 3.8) is 0 Å². The maximum Gasteiger partial charge on any atom is 0.416 e. The van der Waals surface area contributed by atoms with Crippen LogP contribution >= 0.6 is 12.4 Å². The van der Waals surface area contributed by atoms with E-state index in [4.69, 9.17) is 9.47 Å². The quantitative estimate of drug-likeness (QED) is 0.201. The van der Waals surface area contributed by atoms with Crippen molar-refractivity contribution < 1.29 is 41.8 Å². The van der Waals surface area contributed by atoms with Gasteiger partial charge in [0.2, 0.25) is 0 Å². The van der Waals surface area contributed by atoms with E-state index in [2.05, 4.69) is 32.2 Å². The van der Waals surface area contributed by atoms with Gasteiger partial charge in [0.1, 0.15) is 6.61 Å². The van der Waals surface area contributed by atoms with Crippen LogP contribution in [0, 0.1) is 28.6 Å². The van der Waals surface area contributed by atoms with E-state index in [-0.39, 0.29) is 53.4 Å².